The number of carbonyl (C=O) groups is 1. The highest BCUT2D eigenvalue weighted by Crippen LogP contribution is 2.39. The van der Waals surface area contributed by atoms with Gasteiger partial charge in [0.2, 0.25) is 11.9 Å². The summed E-state index contributed by atoms with van der Waals surface area (Å²) in [5.41, 5.74) is 2.21. The summed E-state index contributed by atoms with van der Waals surface area (Å²) in [5, 5.41) is 8.16. The first-order chi connectivity index (χ1) is 14.1. The van der Waals surface area contributed by atoms with Crippen molar-refractivity contribution in [3.63, 3.8) is 0 Å². The Morgan fingerprint density at radius 2 is 2.00 bits per heavy atom. The molecule has 0 bridgehead atoms. The largest absolute Gasteiger partial charge is 0.454 e. The molecular formula is C20H16N4O3S2. The third-order valence-electron chi connectivity index (χ3n) is 4.48. The first kappa shape index (κ1) is 18.0. The first-order valence-corrected chi connectivity index (χ1v) is 10.9. The predicted molar refractivity (Wildman–Crippen MR) is 114 cm³/mol. The number of thioether (sulfide) groups is 1. The monoisotopic (exact) mass is 424 g/mol. The zero-order valence-corrected chi connectivity index (χ0v) is 17.3. The van der Waals surface area contributed by atoms with Crippen molar-refractivity contribution in [1.82, 2.24) is 14.8 Å². The zero-order valence-electron chi connectivity index (χ0n) is 15.6. The van der Waals surface area contributed by atoms with E-state index < -0.39 is 0 Å². The maximum atomic E-state index is 12.9. The number of benzene rings is 2. The summed E-state index contributed by atoms with van der Waals surface area (Å²) in [6.45, 7) is 2.11. The first-order valence-electron chi connectivity index (χ1n) is 8.84. The zero-order chi connectivity index (χ0) is 20.0. The van der Waals surface area contributed by atoms with Gasteiger partial charge in [0.05, 0.1) is 21.5 Å². The molecule has 3 heterocycles. The number of carbonyl (C=O) groups excluding carboxylic acids is 1. The van der Waals surface area contributed by atoms with E-state index in [4.69, 9.17) is 9.47 Å². The summed E-state index contributed by atoms with van der Waals surface area (Å²) in [4.78, 5) is 18.5. The van der Waals surface area contributed by atoms with Gasteiger partial charge in [0.25, 0.3) is 5.91 Å². The van der Waals surface area contributed by atoms with Crippen molar-refractivity contribution in [3.05, 3.63) is 53.7 Å². The highest BCUT2D eigenvalue weighted by molar-refractivity contribution is 7.98. The van der Waals surface area contributed by atoms with Crippen molar-refractivity contribution >= 4 is 45.0 Å². The van der Waals surface area contributed by atoms with Gasteiger partial charge in [-0.25, -0.2) is 4.98 Å². The highest BCUT2D eigenvalue weighted by Gasteiger charge is 2.20. The lowest BCUT2D eigenvalue weighted by Crippen LogP contribution is -2.15. The van der Waals surface area contributed by atoms with E-state index >= 15 is 0 Å². The van der Waals surface area contributed by atoms with Crippen molar-refractivity contribution < 1.29 is 14.3 Å². The van der Waals surface area contributed by atoms with Gasteiger partial charge < -0.3 is 14.8 Å². The van der Waals surface area contributed by atoms with Crippen molar-refractivity contribution in [3.8, 4) is 16.6 Å². The van der Waals surface area contributed by atoms with E-state index in [0.717, 1.165) is 20.8 Å². The normalized spacial score (nSPS) is 12.5. The highest BCUT2D eigenvalue weighted by atomic mass is 32.2. The lowest BCUT2D eigenvalue weighted by Gasteiger charge is -2.09. The summed E-state index contributed by atoms with van der Waals surface area (Å²) < 4.78 is 13.5. The average molecular weight is 425 g/mol. The van der Waals surface area contributed by atoms with Gasteiger partial charge in [-0.2, -0.15) is 9.78 Å². The van der Waals surface area contributed by atoms with Gasteiger partial charge in [0, 0.05) is 23.1 Å². The smallest absolute Gasteiger partial charge is 0.257 e. The number of anilines is 1. The second-order valence-corrected chi connectivity index (χ2v) is 8.26. The molecule has 146 valence electrons. The Morgan fingerprint density at radius 1 is 1.21 bits per heavy atom. The van der Waals surface area contributed by atoms with Crippen LogP contribution in [0, 0.1) is 6.92 Å². The number of ether oxygens (including phenoxy) is 2. The molecule has 29 heavy (non-hydrogen) atoms. The maximum absolute atomic E-state index is 12.9. The summed E-state index contributed by atoms with van der Waals surface area (Å²) in [5.74, 6) is 1.79. The van der Waals surface area contributed by atoms with E-state index in [-0.39, 0.29) is 12.7 Å². The minimum absolute atomic E-state index is 0.182. The topological polar surface area (TPSA) is 78.3 Å². The van der Waals surface area contributed by atoms with Gasteiger partial charge in [-0.05, 0) is 25.3 Å². The molecule has 1 aliphatic rings. The molecule has 4 aromatic rings. The Labute approximate surface area is 174 Å². The predicted octanol–water partition coefficient (Wildman–Crippen LogP) is 4.49. The van der Waals surface area contributed by atoms with E-state index in [9.17, 15) is 4.79 Å². The van der Waals surface area contributed by atoms with Crippen molar-refractivity contribution in [2.24, 2.45) is 0 Å². The van der Waals surface area contributed by atoms with Crippen LogP contribution in [0.5, 0.6) is 11.5 Å². The van der Waals surface area contributed by atoms with E-state index in [1.807, 2.05) is 55.6 Å². The molecule has 7 nitrogen and oxygen atoms in total. The van der Waals surface area contributed by atoms with Gasteiger partial charge in [-0.1, -0.05) is 23.5 Å². The number of hydrogen-bond donors (Lipinski definition) is 1. The molecule has 0 atom stereocenters. The molecule has 0 radical (unpaired) electrons. The molecule has 0 unspecified atom stereocenters. The Hall–Kier alpha value is -3.04. The van der Waals surface area contributed by atoms with Crippen molar-refractivity contribution in [1.29, 1.82) is 0 Å². The fourth-order valence-corrected chi connectivity index (χ4v) is 4.68. The lowest BCUT2D eigenvalue weighted by molar-refractivity contribution is 0.102. The molecule has 1 amide bonds. The second-order valence-electron chi connectivity index (χ2n) is 6.41. The molecule has 0 aliphatic carbocycles. The minimum Gasteiger partial charge on any atom is -0.454 e. The summed E-state index contributed by atoms with van der Waals surface area (Å²) >= 11 is 3.01. The molecule has 1 aliphatic heterocycles. The lowest BCUT2D eigenvalue weighted by atomic mass is 10.2. The number of nitrogens with zero attached hydrogens (tertiary/aromatic N) is 3. The van der Waals surface area contributed by atoms with E-state index in [2.05, 4.69) is 15.4 Å². The van der Waals surface area contributed by atoms with E-state index in [1.54, 1.807) is 4.68 Å². The van der Waals surface area contributed by atoms with Crippen LogP contribution in [0.15, 0.2) is 47.4 Å². The molecule has 1 N–H and O–H groups in total. The number of aryl methyl sites for hydroxylation is 1. The number of fused-ring (bicyclic) bond motifs is 2. The van der Waals surface area contributed by atoms with Crippen LogP contribution < -0.4 is 14.8 Å². The Kier molecular flexibility index (Phi) is 4.40. The Balaban J connectivity index is 1.51. The fraction of sp³-hybridized carbons (Fsp3) is 0.150. The Bertz CT molecular complexity index is 1210. The molecular weight excluding hydrogens is 408 g/mol. The number of rotatable bonds is 4. The number of amides is 1. The number of nitrogens with one attached hydrogen (secondary N) is 1. The average Bonchev–Trinajstić information content (AvgIpc) is 3.43. The number of hydrogen-bond acceptors (Lipinski definition) is 7. The standard InChI is InChI=1S/C20H16N4O3S2/c1-11-7-18(22-19(25)12-5-3-4-6-16(12)28-2)24(23-11)20-21-13-8-14-15(27-10-26-14)9-17(13)29-20/h3-9H,10H2,1-2H3,(H,22,25). The van der Waals surface area contributed by atoms with Crippen LogP contribution in [0.4, 0.5) is 5.82 Å². The molecule has 0 saturated carbocycles. The third kappa shape index (κ3) is 3.22. The van der Waals surface area contributed by atoms with Crippen molar-refractivity contribution in [2.45, 2.75) is 11.8 Å². The molecule has 0 fully saturated rings. The van der Waals surface area contributed by atoms with Crippen LogP contribution in [-0.2, 0) is 0 Å². The van der Waals surface area contributed by atoms with Gasteiger partial charge >= 0.3 is 0 Å². The Morgan fingerprint density at radius 3 is 2.83 bits per heavy atom. The quantitative estimate of drug-likeness (QED) is 0.486. The van der Waals surface area contributed by atoms with Gasteiger partial charge in [0.15, 0.2) is 11.5 Å². The molecule has 0 saturated heterocycles. The molecule has 0 spiro atoms. The van der Waals surface area contributed by atoms with Crippen LogP contribution >= 0.6 is 23.1 Å². The minimum atomic E-state index is -0.182. The second kappa shape index (κ2) is 7.09. The van der Waals surface area contributed by atoms with Crippen LogP contribution in [0.3, 0.4) is 0 Å². The molecule has 5 rings (SSSR count). The third-order valence-corrected chi connectivity index (χ3v) is 6.27. The van der Waals surface area contributed by atoms with Gasteiger partial charge in [0.1, 0.15) is 5.82 Å². The molecule has 9 heteroatoms. The number of thiazole rings is 1. The molecule has 2 aromatic carbocycles. The number of aromatic nitrogens is 3. The SMILES string of the molecule is CSc1ccccc1C(=O)Nc1cc(C)nn1-c1nc2cc3c(cc2s1)OCO3. The van der Waals surface area contributed by atoms with Crippen molar-refractivity contribution in [2.75, 3.05) is 18.4 Å². The van der Waals surface area contributed by atoms with Crippen LogP contribution in [-0.4, -0.2) is 33.7 Å². The van der Waals surface area contributed by atoms with Gasteiger partial charge in [-0.15, -0.1) is 11.8 Å². The molecule has 2 aromatic heterocycles. The van der Waals surface area contributed by atoms with Crippen LogP contribution in [0.1, 0.15) is 16.1 Å². The van der Waals surface area contributed by atoms with Crippen LogP contribution in [0.25, 0.3) is 15.3 Å². The summed E-state index contributed by atoms with van der Waals surface area (Å²) in [6, 6.07) is 13.1. The summed E-state index contributed by atoms with van der Waals surface area (Å²) in [7, 11) is 0. The summed E-state index contributed by atoms with van der Waals surface area (Å²) in [6.07, 6.45) is 1.95. The van der Waals surface area contributed by atoms with E-state index in [0.29, 0.717) is 28.0 Å². The van der Waals surface area contributed by atoms with Gasteiger partial charge in [-0.3, -0.25) is 4.79 Å². The fourth-order valence-electron chi connectivity index (χ4n) is 3.15. The van der Waals surface area contributed by atoms with Crippen LogP contribution in [0.2, 0.25) is 0 Å². The maximum Gasteiger partial charge on any atom is 0.257 e. The van der Waals surface area contributed by atoms with E-state index in [1.165, 1.54) is 23.1 Å².